The Hall–Kier alpha value is -1.99. The molecular formula is C12H12N2O4S. The summed E-state index contributed by atoms with van der Waals surface area (Å²) in [6, 6.07) is 7.06. The highest BCUT2D eigenvalue weighted by Crippen LogP contribution is 2.16. The lowest BCUT2D eigenvalue weighted by molar-refractivity contribution is -0.136. The van der Waals surface area contributed by atoms with Gasteiger partial charge in [-0.3, -0.25) is 0 Å². The van der Waals surface area contributed by atoms with Crippen molar-refractivity contribution in [3.8, 4) is 5.75 Å². The first-order valence-corrected chi connectivity index (χ1v) is 6.46. The monoisotopic (exact) mass is 280 g/mol. The minimum atomic E-state index is -1.69. The van der Waals surface area contributed by atoms with E-state index >= 15 is 0 Å². The summed E-state index contributed by atoms with van der Waals surface area (Å²) in [7, 11) is 2.83. The van der Waals surface area contributed by atoms with Crippen LogP contribution in [0.25, 0.3) is 0 Å². The first kappa shape index (κ1) is 13.4. The van der Waals surface area contributed by atoms with Crippen molar-refractivity contribution in [3.63, 3.8) is 0 Å². The molecule has 2 rings (SSSR count). The summed E-state index contributed by atoms with van der Waals surface area (Å²) in [5.41, 5.74) is 1.29. The highest BCUT2D eigenvalue weighted by atomic mass is 32.2. The molecule has 6 nitrogen and oxygen atoms in total. The molecule has 0 spiro atoms. The van der Waals surface area contributed by atoms with E-state index in [1.54, 1.807) is 31.4 Å². The van der Waals surface area contributed by atoms with Gasteiger partial charge in [-0.15, -0.1) is 0 Å². The number of carbonyl (C=O) groups is 1. The van der Waals surface area contributed by atoms with Gasteiger partial charge in [-0.25, -0.2) is 4.79 Å². The Balaban J connectivity index is 2.31. The van der Waals surface area contributed by atoms with E-state index in [0.29, 0.717) is 11.5 Å². The van der Waals surface area contributed by atoms with Crippen LogP contribution in [0.2, 0.25) is 0 Å². The van der Waals surface area contributed by atoms with Crippen molar-refractivity contribution in [1.29, 1.82) is 0 Å². The number of nitrogens with one attached hydrogen (secondary N) is 1. The van der Waals surface area contributed by atoms with Gasteiger partial charge < -0.3 is 14.0 Å². The van der Waals surface area contributed by atoms with Gasteiger partial charge in [0.25, 0.3) is 0 Å². The van der Waals surface area contributed by atoms with E-state index in [-0.39, 0.29) is 5.70 Å². The first-order chi connectivity index (χ1) is 9.13. The molecule has 1 atom stereocenters. The Morgan fingerprint density at radius 3 is 2.58 bits per heavy atom. The summed E-state index contributed by atoms with van der Waals surface area (Å²) >= 11 is -1.69. The molecule has 0 saturated carbocycles. The number of ether oxygens (including phenoxy) is 2. The predicted molar refractivity (Wildman–Crippen MR) is 70.9 cm³/mol. The highest BCUT2D eigenvalue weighted by molar-refractivity contribution is 7.88. The molecule has 1 aromatic carbocycles. The molecule has 0 radical (unpaired) electrons. The molecule has 19 heavy (non-hydrogen) atoms. The number of methoxy groups -OCH3 is 2. The maximum Gasteiger partial charge on any atom is 0.358 e. The number of carbonyl (C=O) groups excluding carboxylic acids is 1. The third-order valence-corrected chi connectivity index (χ3v) is 3.21. The van der Waals surface area contributed by atoms with Crippen LogP contribution in [-0.4, -0.2) is 30.5 Å². The van der Waals surface area contributed by atoms with Gasteiger partial charge in [0.05, 0.1) is 14.2 Å². The van der Waals surface area contributed by atoms with E-state index in [2.05, 4.69) is 13.9 Å². The van der Waals surface area contributed by atoms with Crippen molar-refractivity contribution in [2.24, 2.45) is 4.40 Å². The van der Waals surface area contributed by atoms with Gasteiger partial charge in [0.2, 0.25) is 11.5 Å². The van der Waals surface area contributed by atoms with Crippen LogP contribution in [0.5, 0.6) is 5.75 Å². The molecule has 1 aliphatic rings. The molecule has 0 fully saturated rings. The van der Waals surface area contributed by atoms with Gasteiger partial charge in [0.1, 0.15) is 11.5 Å². The average molecular weight is 280 g/mol. The summed E-state index contributed by atoms with van der Waals surface area (Å²) in [5, 5.41) is 0. The maximum absolute atomic E-state index is 11.5. The summed E-state index contributed by atoms with van der Waals surface area (Å²) in [4.78, 5) is 11.4. The van der Waals surface area contributed by atoms with Crippen LogP contribution < -0.4 is 9.46 Å². The van der Waals surface area contributed by atoms with Crippen LogP contribution in [0.4, 0.5) is 0 Å². The lowest BCUT2D eigenvalue weighted by Crippen LogP contribution is -2.31. The fourth-order valence-corrected chi connectivity index (χ4v) is 2.22. The van der Waals surface area contributed by atoms with Crippen LogP contribution in [0.3, 0.4) is 0 Å². The van der Waals surface area contributed by atoms with Crippen LogP contribution in [0, 0.1) is 0 Å². The molecule has 100 valence electrons. The third kappa shape index (κ3) is 3.07. The summed E-state index contributed by atoms with van der Waals surface area (Å²) < 4.78 is 27.5. The van der Waals surface area contributed by atoms with Gasteiger partial charge in [-0.05, 0) is 28.7 Å². The van der Waals surface area contributed by atoms with Gasteiger partial charge in [-0.1, -0.05) is 0 Å². The second-order valence-corrected chi connectivity index (χ2v) is 4.49. The van der Waals surface area contributed by atoms with Crippen molar-refractivity contribution >= 4 is 23.2 Å². The van der Waals surface area contributed by atoms with E-state index in [1.807, 2.05) is 0 Å². The van der Waals surface area contributed by atoms with E-state index in [9.17, 15) is 9.35 Å². The van der Waals surface area contributed by atoms with Crippen molar-refractivity contribution in [2.45, 2.75) is 0 Å². The van der Waals surface area contributed by atoms with E-state index < -0.39 is 17.5 Å². The standard InChI is InChI=1S/C12H12N2O4S/c1-17-9-5-3-8(4-6-9)10-7-11(12(15)18-2)14-19(16)13-10/h3-7,14H,1-2H3. The molecule has 0 aromatic heterocycles. The molecule has 1 N–H and O–H groups in total. The Kier molecular flexibility index (Phi) is 4.08. The van der Waals surface area contributed by atoms with E-state index in [4.69, 9.17) is 4.74 Å². The maximum atomic E-state index is 11.5. The fraction of sp³-hybridized carbons (Fsp3) is 0.167. The molecule has 1 unspecified atom stereocenters. The molecule has 0 amide bonds. The van der Waals surface area contributed by atoms with Crippen molar-refractivity contribution in [2.75, 3.05) is 14.2 Å². The van der Waals surface area contributed by atoms with Crippen LogP contribution in [0.1, 0.15) is 5.56 Å². The summed E-state index contributed by atoms with van der Waals surface area (Å²) in [6.45, 7) is 0. The zero-order chi connectivity index (χ0) is 13.8. The van der Waals surface area contributed by atoms with E-state index in [1.165, 1.54) is 13.2 Å². The van der Waals surface area contributed by atoms with Gasteiger partial charge in [0.15, 0.2) is 5.70 Å². The number of hydrogen-bond donors (Lipinski definition) is 1. The first-order valence-electron chi connectivity index (χ1n) is 5.35. The van der Waals surface area contributed by atoms with Gasteiger partial charge >= 0.3 is 5.97 Å². The highest BCUT2D eigenvalue weighted by Gasteiger charge is 2.24. The Morgan fingerprint density at radius 1 is 1.32 bits per heavy atom. The van der Waals surface area contributed by atoms with Crippen molar-refractivity contribution in [1.82, 2.24) is 4.72 Å². The average Bonchev–Trinajstić information content (AvgIpc) is 2.45. The lowest BCUT2D eigenvalue weighted by Gasteiger charge is -2.14. The largest absolute Gasteiger partial charge is 0.567 e. The number of nitrogens with zero attached hydrogens (tertiary/aromatic N) is 1. The van der Waals surface area contributed by atoms with Crippen LogP contribution >= 0.6 is 0 Å². The Labute approximate surface area is 113 Å². The fourth-order valence-electron chi connectivity index (χ4n) is 1.51. The zero-order valence-corrected chi connectivity index (χ0v) is 11.2. The third-order valence-electron chi connectivity index (χ3n) is 2.45. The Bertz CT molecular complexity index is 539. The number of allylic oxidation sites excluding steroid dienone is 1. The number of hydrogen-bond acceptors (Lipinski definition) is 6. The molecule has 0 aliphatic carbocycles. The number of rotatable bonds is 3. The summed E-state index contributed by atoms with van der Waals surface area (Å²) in [6.07, 6.45) is 1.50. The predicted octanol–water partition coefficient (Wildman–Crippen LogP) is 0.723. The molecule has 0 bridgehead atoms. The quantitative estimate of drug-likeness (QED) is 0.651. The summed E-state index contributed by atoms with van der Waals surface area (Å²) in [5.74, 6) is 0.117. The molecule has 1 aromatic rings. The number of benzene rings is 1. The topological polar surface area (TPSA) is 83.0 Å². The minimum Gasteiger partial charge on any atom is -0.567 e. The van der Waals surface area contributed by atoms with E-state index in [0.717, 1.165) is 5.56 Å². The van der Waals surface area contributed by atoms with Gasteiger partial charge in [-0.2, -0.15) is 4.72 Å². The van der Waals surface area contributed by atoms with Gasteiger partial charge in [0, 0.05) is 11.6 Å². The molecule has 1 aliphatic heterocycles. The molecule has 0 saturated heterocycles. The van der Waals surface area contributed by atoms with Crippen LogP contribution in [0.15, 0.2) is 40.4 Å². The second kappa shape index (κ2) is 5.77. The minimum absolute atomic E-state index is 0.113. The SMILES string of the molecule is COC(=O)C1=CC(c2ccc(OC)cc2)=N[S+]([O-])N1. The van der Waals surface area contributed by atoms with Crippen molar-refractivity contribution < 1.29 is 18.8 Å². The Morgan fingerprint density at radius 2 is 2.00 bits per heavy atom. The smallest absolute Gasteiger partial charge is 0.358 e. The molecule has 7 heteroatoms. The molecular weight excluding hydrogens is 268 g/mol. The van der Waals surface area contributed by atoms with Crippen molar-refractivity contribution in [3.05, 3.63) is 41.6 Å². The number of esters is 1. The second-order valence-electron chi connectivity index (χ2n) is 3.61. The zero-order valence-electron chi connectivity index (χ0n) is 10.4. The molecule has 1 heterocycles. The lowest BCUT2D eigenvalue weighted by atomic mass is 10.1. The normalized spacial score (nSPS) is 17.9. The van der Waals surface area contributed by atoms with Crippen LogP contribution in [-0.2, 0) is 21.1 Å².